The van der Waals surface area contributed by atoms with Gasteiger partial charge in [0.25, 0.3) is 0 Å². The third-order valence-electron chi connectivity index (χ3n) is 3.71. The Kier molecular flexibility index (Phi) is 4.21. The molecule has 22 heavy (non-hydrogen) atoms. The van der Waals surface area contributed by atoms with Gasteiger partial charge in [0.05, 0.1) is 11.2 Å². The third-order valence-corrected chi connectivity index (χ3v) is 5.13. The van der Waals surface area contributed by atoms with Crippen molar-refractivity contribution in [1.29, 1.82) is 0 Å². The zero-order valence-electron chi connectivity index (χ0n) is 13.5. The molecule has 3 rings (SSSR count). The molecule has 2 aromatic heterocycles. The fraction of sp³-hybridized carbons (Fsp3) is 0.333. The lowest BCUT2D eigenvalue weighted by molar-refractivity contribution is 0.749. The Balaban J connectivity index is 2.02. The van der Waals surface area contributed by atoms with Gasteiger partial charge >= 0.3 is 0 Å². The van der Waals surface area contributed by atoms with Gasteiger partial charge in [0.15, 0.2) is 0 Å². The first-order chi connectivity index (χ1) is 10.5. The van der Waals surface area contributed by atoms with Gasteiger partial charge in [-0.25, -0.2) is 9.50 Å². The van der Waals surface area contributed by atoms with E-state index in [4.69, 9.17) is 5.10 Å². The van der Waals surface area contributed by atoms with Gasteiger partial charge in [0.1, 0.15) is 5.03 Å². The van der Waals surface area contributed by atoms with Crippen LogP contribution < -0.4 is 0 Å². The predicted molar refractivity (Wildman–Crippen MR) is 93.5 cm³/mol. The fourth-order valence-electron chi connectivity index (χ4n) is 2.30. The summed E-state index contributed by atoms with van der Waals surface area (Å²) < 4.78 is 1.93. The topological polar surface area (TPSA) is 30.2 Å². The molecule has 0 aliphatic carbocycles. The van der Waals surface area contributed by atoms with Crippen LogP contribution in [0.3, 0.4) is 0 Å². The van der Waals surface area contributed by atoms with Crippen molar-refractivity contribution in [2.75, 3.05) is 5.75 Å². The maximum Gasteiger partial charge on any atom is 0.122 e. The minimum absolute atomic E-state index is 0.647. The van der Waals surface area contributed by atoms with E-state index < -0.39 is 0 Å². The highest BCUT2D eigenvalue weighted by Gasteiger charge is 2.10. The Morgan fingerprint density at radius 1 is 1.14 bits per heavy atom. The average molecular weight is 311 g/mol. The molecule has 0 radical (unpaired) electrons. The Morgan fingerprint density at radius 3 is 2.68 bits per heavy atom. The number of benzene rings is 1. The number of thioether (sulfide) groups is 1. The normalized spacial score (nSPS) is 11.5. The van der Waals surface area contributed by atoms with Gasteiger partial charge in [-0.15, -0.1) is 11.8 Å². The highest BCUT2D eigenvalue weighted by molar-refractivity contribution is 7.99. The van der Waals surface area contributed by atoms with Crippen LogP contribution in [0.25, 0.3) is 16.8 Å². The molecule has 0 spiro atoms. The molecule has 0 unspecified atom stereocenters. The van der Waals surface area contributed by atoms with E-state index in [1.54, 1.807) is 11.8 Å². The zero-order valence-corrected chi connectivity index (χ0v) is 14.3. The number of nitrogens with zero attached hydrogens (tertiary/aromatic N) is 3. The minimum Gasteiger partial charge on any atom is -0.246 e. The summed E-state index contributed by atoms with van der Waals surface area (Å²) in [6.07, 6.45) is 3.74. The van der Waals surface area contributed by atoms with Gasteiger partial charge in [-0.05, 0) is 43.0 Å². The van der Waals surface area contributed by atoms with E-state index in [1.807, 2.05) is 16.9 Å². The van der Waals surface area contributed by atoms with E-state index in [0.29, 0.717) is 5.92 Å². The van der Waals surface area contributed by atoms with Crippen LogP contribution in [-0.4, -0.2) is 20.4 Å². The van der Waals surface area contributed by atoms with Crippen LogP contribution in [-0.2, 0) is 0 Å². The Morgan fingerprint density at radius 2 is 1.95 bits per heavy atom. The monoisotopic (exact) mass is 311 g/mol. The molecule has 0 saturated heterocycles. The van der Waals surface area contributed by atoms with E-state index in [0.717, 1.165) is 27.6 Å². The van der Waals surface area contributed by atoms with Crippen LogP contribution in [0.5, 0.6) is 0 Å². The second-order valence-electron chi connectivity index (χ2n) is 6.10. The number of hydrogen-bond acceptors (Lipinski definition) is 3. The van der Waals surface area contributed by atoms with Crippen LogP contribution in [0.1, 0.15) is 25.0 Å². The van der Waals surface area contributed by atoms with Crippen LogP contribution >= 0.6 is 11.8 Å². The Labute approximate surface area is 135 Å². The predicted octanol–water partition coefficient (Wildman–Crippen LogP) is 4.76. The lowest BCUT2D eigenvalue weighted by Gasteiger charge is -2.04. The quantitative estimate of drug-likeness (QED) is 0.651. The lowest BCUT2D eigenvalue weighted by Crippen LogP contribution is -1.94. The van der Waals surface area contributed by atoms with Gasteiger partial charge in [0, 0.05) is 23.7 Å². The molecule has 2 heterocycles. The first-order valence-electron chi connectivity index (χ1n) is 7.59. The van der Waals surface area contributed by atoms with Gasteiger partial charge < -0.3 is 0 Å². The van der Waals surface area contributed by atoms with Crippen LogP contribution in [0.4, 0.5) is 0 Å². The molecule has 0 fully saturated rings. The number of aromatic nitrogens is 3. The summed E-state index contributed by atoms with van der Waals surface area (Å²) in [5.74, 6) is 1.71. The maximum atomic E-state index is 4.70. The minimum atomic E-state index is 0.647. The van der Waals surface area contributed by atoms with Crippen molar-refractivity contribution < 1.29 is 0 Å². The molecule has 0 saturated carbocycles. The van der Waals surface area contributed by atoms with Gasteiger partial charge in [-0.3, -0.25) is 0 Å². The zero-order chi connectivity index (χ0) is 15.7. The molecule has 4 heteroatoms. The summed E-state index contributed by atoms with van der Waals surface area (Å²) >= 11 is 1.80. The summed E-state index contributed by atoms with van der Waals surface area (Å²) in [4.78, 5) is 4.52. The first-order valence-corrected chi connectivity index (χ1v) is 8.58. The van der Waals surface area contributed by atoms with E-state index in [9.17, 15) is 0 Å². The summed E-state index contributed by atoms with van der Waals surface area (Å²) in [5, 5.41) is 5.76. The average Bonchev–Trinajstić information content (AvgIpc) is 2.92. The summed E-state index contributed by atoms with van der Waals surface area (Å²) in [5.41, 5.74) is 5.85. The maximum absolute atomic E-state index is 4.70. The molecule has 1 aromatic carbocycles. The Bertz CT molecular complexity index is 805. The Hall–Kier alpha value is -1.81. The van der Waals surface area contributed by atoms with Gasteiger partial charge in [0.2, 0.25) is 0 Å². The molecule has 0 aliphatic heterocycles. The summed E-state index contributed by atoms with van der Waals surface area (Å²) in [7, 11) is 0. The van der Waals surface area contributed by atoms with Crippen LogP contribution in [0.2, 0.25) is 0 Å². The van der Waals surface area contributed by atoms with E-state index >= 15 is 0 Å². The second-order valence-corrected chi connectivity index (χ2v) is 7.10. The molecule has 114 valence electrons. The first kappa shape index (κ1) is 15.1. The van der Waals surface area contributed by atoms with Crippen molar-refractivity contribution in [1.82, 2.24) is 14.6 Å². The van der Waals surface area contributed by atoms with Crippen molar-refractivity contribution >= 4 is 17.3 Å². The molecule has 0 bridgehead atoms. The number of rotatable bonds is 4. The van der Waals surface area contributed by atoms with Gasteiger partial charge in [-0.1, -0.05) is 26.0 Å². The molecule has 0 atom stereocenters. The van der Waals surface area contributed by atoms with Crippen molar-refractivity contribution in [2.24, 2.45) is 5.92 Å². The molecular weight excluding hydrogens is 290 g/mol. The molecule has 3 aromatic rings. The van der Waals surface area contributed by atoms with Crippen molar-refractivity contribution in [3.05, 3.63) is 47.8 Å². The molecule has 0 aliphatic rings. The molecule has 3 nitrogen and oxygen atoms in total. The number of fused-ring (bicyclic) bond motifs is 1. The summed E-state index contributed by atoms with van der Waals surface area (Å²) in [6.45, 7) is 8.72. The highest BCUT2D eigenvalue weighted by Crippen LogP contribution is 2.27. The van der Waals surface area contributed by atoms with Crippen molar-refractivity contribution in [3.63, 3.8) is 0 Å². The van der Waals surface area contributed by atoms with E-state index in [2.05, 4.69) is 56.9 Å². The van der Waals surface area contributed by atoms with Crippen molar-refractivity contribution in [2.45, 2.75) is 32.7 Å². The van der Waals surface area contributed by atoms with E-state index in [1.165, 1.54) is 11.1 Å². The largest absolute Gasteiger partial charge is 0.246 e. The highest BCUT2D eigenvalue weighted by atomic mass is 32.2. The molecule has 0 N–H and O–H groups in total. The number of hydrogen-bond donors (Lipinski definition) is 0. The van der Waals surface area contributed by atoms with Gasteiger partial charge in [-0.2, -0.15) is 5.10 Å². The molecule has 0 amide bonds. The van der Waals surface area contributed by atoms with Crippen molar-refractivity contribution in [3.8, 4) is 11.3 Å². The fourth-order valence-corrected chi connectivity index (χ4v) is 3.22. The molecular formula is C18H21N3S. The van der Waals surface area contributed by atoms with Crippen LogP contribution in [0, 0.1) is 19.8 Å². The smallest absolute Gasteiger partial charge is 0.122 e. The second kappa shape index (κ2) is 6.13. The SMILES string of the molecule is Cc1ccc(-c2cc3c(SCC(C)C)nccn3n2)cc1C. The summed E-state index contributed by atoms with van der Waals surface area (Å²) in [6, 6.07) is 8.63. The standard InChI is InChI=1S/C18H21N3S/c1-12(2)11-22-18-17-10-16(20-21(17)8-7-19-18)15-6-5-13(3)14(4)9-15/h5-10,12H,11H2,1-4H3. The third kappa shape index (κ3) is 3.02. The lowest BCUT2D eigenvalue weighted by atomic mass is 10.0. The van der Waals surface area contributed by atoms with E-state index in [-0.39, 0.29) is 0 Å². The number of aryl methyl sites for hydroxylation is 2. The van der Waals surface area contributed by atoms with Crippen LogP contribution in [0.15, 0.2) is 41.7 Å².